The zero-order valence-electron chi connectivity index (χ0n) is 11.1. The van der Waals surface area contributed by atoms with Crippen molar-refractivity contribution in [3.05, 3.63) is 39.3 Å². The molecule has 0 amide bonds. The van der Waals surface area contributed by atoms with Gasteiger partial charge in [-0.15, -0.1) is 11.3 Å². The molecule has 98 valence electrons. The van der Waals surface area contributed by atoms with Crippen LogP contribution < -0.4 is 11.3 Å². The zero-order valence-corrected chi connectivity index (χ0v) is 11.9. The van der Waals surface area contributed by atoms with Gasteiger partial charge >= 0.3 is 0 Å². The Bertz CT molecular complexity index is 495. The average molecular weight is 264 g/mol. The molecule has 0 aliphatic rings. The van der Waals surface area contributed by atoms with Crippen LogP contribution in [0.5, 0.6) is 0 Å². The molecule has 2 aromatic rings. The van der Waals surface area contributed by atoms with E-state index in [1.54, 1.807) is 11.3 Å². The zero-order chi connectivity index (χ0) is 13.1. The van der Waals surface area contributed by atoms with E-state index in [2.05, 4.69) is 37.4 Å². The Labute approximate surface area is 112 Å². The van der Waals surface area contributed by atoms with Crippen LogP contribution in [0.1, 0.15) is 40.4 Å². The number of hydrazine groups is 1. The minimum Gasteiger partial charge on any atom is -0.270 e. The van der Waals surface area contributed by atoms with Crippen molar-refractivity contribution in [3.8, 4) is 0 Å². The summed E-state index contributed by atoms with van der Waals surface area (Å²) in [5.74, 6) is 5.74. The number of nitrogens with two attached hydrogens (primary N) is 1. The van der Waals surface area contributed by atoms with Gasteiger partial charge in [0.1, 0.15) is 0 Å². The molecule has 0 bridgehead atoms. The van der Waals surface area contributed by atoms with Crippen molar-refractivity contribution in [2.75, 3.05) is 0 Å². The van der Waals surface area contributed by atoms with Crippen LogP contribution in [0.15, 0.2) is 18.3 Å². The minimum absolute atomic E-state index is 0.0245. The molecule has 1 atom stereocenters. The normalized spacial score (nSPS) is 12.9. The molecule has 0 radical (unpaired) electrons. The molecule has 0 spiro atoms. The van der Waals surface area contributed by atoms with Crippen molar-refractivity contribution < 1.29 is 0 Å². The highest BCUT2D eigenvalue weighted by Gasteiger charge is 2.19. The van der Waals surface area contributed by atoms with Crippen molar-refractivity contribution >= 4 is 11.3 Å². The predicted molar refractivity (Wildman–Crippen MR) is 75.5 cm³/mol. The van der Waals surface area contributed by atoms with Crippen LogP contribution in [0.4, 0.5) is 0 Å². The van der Waals surface area contributed by atoms with E-state index < -0.39 is 0 Å². The number of rotatable bonds is 5. The summed E-state index contributed by atoms with van der Waals surface area (Å²) in [7, 11) is 0. The van der Waals surface area contributed by atoms with Crippen molar-refractivity contribution in [2.45, 2.75) is 39.8 Å². The molecule has 2 rings (SSSR count). The van der Waals surface area contributed by atoms with Gasteiger partial charge in [-0.2, -0.15) is 5.10 Å². The van der Waals surface area contributed by atoms with E-state index in [1.165, 1.54) is 15.3 Å². The van der Waals surface area contributed by atoms with E-state index in [0.29, 0.717) is 0 Å². The smallest absolute Gasteiger partial charge is 0.0970 e. The molecule has 1 unspecified atom stereocenters. The third-order valence-electron chi connectivity index (χ3n) is 3.12. The Morgan fingerprint density at radius 2 is 2.28 bits per heavy atom. The lowest BCUT2D eigenvalue weighted by atomic mass is 10.1. The SMILES string of the molecule is CCCn1nccc1C(NN)c1cc(C)c(C)s1. The highest BCUT2D eigenvalue weighted by atomic mass is 32.1. The molecule has 5 heteroatoms. The van der Waals surface area contributed by atoms with Crippen LogP contribution in [0.2, 0.25) is 0 Å². The van der Waals surface area contributed by atoms with Crippen LogP contribution >= 0.6 is 11.3 Å². The summed E-state index contributed by atoms with van der Waals surface area (Å²) in [6, 6.07) is 4.26. The number of nitrogens with zero attached hydrogens (tertiary/aromatic N) is 2. The first kappa shape index (κ1) is 13.3. The third kappa shape index (κ3) is 2.48. The first-order valence-corrected chi connectivity index (χ1v) is 7.03. The first-order chi connectivity index (χ1) is 8.67. The Morgan fingerprint density at radius 3 is 2.83 bits per heavy atom. The molecule has 2 aromatic heterocycles. The summed E-state index contributed by atoms with van der Waals surface area (Å²) < 4.78 is 2.02. The van der Waals surface area contributed by atoms with E-state index in [9.17, 15) is 0 Å². The average Bonchev–Trinajstić information content (AvgIpc) is 2.90. The summed E-state index contributed by atoms with van der Waals surface area (Å²) in [5, 5.41) is 4.36. The molecule has 0 aliphatic heterocycles. The van der Waals surface area contributed by atoms with Gasteiger partial charge in [-0.1, -0.05) is 6.92 Å². The molecule has 18 heavy (non-hydrogen) atoms. The maximum Gasteiger partial charge on any atom is 0.0970 e. The number of nitrogens with one attached hydrogen (secondary N) is 1. The van der Waals surface area contributed by atoms with Crippen molar-refractivity contribution in [3.63, 3.8) is 0 Å². The molecule has 4 nitrogen and oxygen atoms in total. The quantitative estimate of drug-likeness (QED) is 0.644. The summed E-state index contributed by atoms with van der Waals surface area (Å²) in [4.78, 5) is 2.58. The second kappa shape index (κ2) is 5.65. The highest BCUT2D eigenvalue weighted by molar-refractivity contribution is 7.12. The second-order valence-corrected chi connectivity index (χ2v) is 5.75. The van der Waals surface area contributed by atoms with Gasteiger partial charge < -0.3 is 0 Å². The maximum atomic E-state index is 5.74. The minimum atomic E-state index is 0.0245. The summed E-state index contributed by atoms with van der Waals surface area (Å²) in [6.07, 6.45) is 2.90. The number of aromatic nitrogens is 2. The molecule has 2 heterocycles. The van der Waals surface area contributed by atoms with Crippen LogP contribution in [-0.4, -0.2) is 9.78 Å². The fraction of sp³-hybridized carbons (Fsp3) is 0.462. The Balaban J connectivity index is 2.35. The van der Waals surface area contributed by atoms with Gasteiger partial charge in [0.15, 0.2) is 0 Å². The first-order valence-electron chi connectivity index (χ1n) is 6.22. The third-order valence-corrected chi connectivity index (χ3v) is 4.33. The lowest BCUT2D eigenvalue weighted by molar-refractivity contribution is 0.524. The number of thiophene rings is 1. The molecule has 0 saturated heterocycles. The standard InChI is InChI=1S/C13H20N4S/c1-4-7-17-11(5-6-15-17)13(16-14)12-8-9(2)10(3)18-12/h5-6,8,13,16H,4,7,14H2,1-3H3. The molecule has 0 saturated carbocycles. The van der Waals surface area contributed by atoms with Crippen molar-refractivity contribution in [1.29, 1.82) is 0 Å². The molecular formula is C13H20N4S. The Kier molecular flexibility index (Phi) is 4.16. The van der Waals surface area contributed by atoms with Gasteiger partial charge in [-0.25, -0.2) is 5.43 Å². The monoisotopic (exact) mass is 264 g/mol. The Hall–Kier alpha value is -1.17. The number of aryl methyl sites for hydroxylation is 3. The predicted octanol–water partition coefficient (Wildman–Crippen LogP) is 2.52. The van der Waals surface area contributed by atoms with E-state index in [1.807, 2.05) is 16.9 Å². The van der Waals surface area contributed by atoms with E-state index in [-0.39, 0.29) is 6.04 Å². The van der Waals surface area contributed by atoms with E-state index in [0.717, 1.165) is 18.7 Å². The fourth-order valence-corrected chi connectivity index (χ4v) is 3.16. The van der Waals surface area contributed by atoms with Gasteiger partial charge in [0.25, 0.3) is 0 Å². The topological polar surface area (TPSA) is 55.9 Å². The van der Waals surface area contributed by atoms with E-state index >= 15 is 0 Å². The molecular weight excluding hydrogens is 244 g/mol. The summed E-state index contributed by atoms with van der Waals surface area (Å²) in [6.45, 7) is 7.34. The molecule has 0 aliphatic carbocycles. The van der Waals surface area contributed by atoms with Crippen LogP contribution in [0.25, 0.3) is 0 Å². The molecule has 0 fully saturated rings. The molecule has 0 aromatic carbocycles. The van der Waals surface area contributed by atoms with Crippen LogP contribution in [-0.2, 0) is 6.54 Å². The summed E-state index contributed by atoms with van der Waals surface area (Å²) in [5.41, 5.74) is 5.35. The summed E-state index contributed by atoms with van der Waals surface area (Å²) >= 11 is 1.79. The lowest BCUT2D eigenvalue weighted by Crippen LogP contribution is -2.30. The van der Waals surface area contributed by atoms with Crippen molar-refractivity contribution in [2.24, 2.45) is 5.84 Å². The van der Waals surface area contributed by atoms with Gasteiger partial charge in [0.05, 0.1) is 11.7 Å². The Morgan fingerprint density at radius 1 is 1.50 bits per heavy atom. The fourth-order valence-electron chi connectivity index (χ4n) is 2.04. The highest BCUT2D eigenvalue weighted by Crippen LogP contribution is 2.30. The van der Waals surface area contributed by atoms with Crippen LogP contribution in [0, 0.1) is 13.8 Å². The van der Waals surface area contributed by atoms with Gasteiger partial charge in [-0.05, 0) is 38.0 Å². The van der Waals surface area contributed by atoms with Gasteiger partial charge in [0, 0.05) is 22.5 Å². The van der Waals surface area contributed by atoms with Crippen molar-refractivity contribution in [1.82, 2.24) is 15.2 Å². The largest absolute Gasteiger partial charge is 0.270 e. The van der Waals surface area contributed by atoms with E-state index in [4.69, 9.17) is 5.84 Å². The number of hydrogen-bond donors (Lipinski definition) is 2. The van der Waals surface area contributed by atoms with Gasteiger partial charge in [0.2, 0.25) is 0 Å². The molecule has 3 N–H and O–H groups in total. The number of hydrogen-bond acceptors (Lipinski definition) is 4. The second-order valence-electron chi connectivity index (χ2n) is 4.47. The lowest BCUT2D eigenvalue weighted by Gasteiger charge is -2.16. The maximum absolute atomic E-state index is 5.74. The van der Waals surface area contributed by atoms with Crippen LogP contribution in [0.3, 0.4) is 0 Å². The van der Waals surface area contributed by atoms with Gasteiger partial charge in [-0.3, -0.25) is 10.5 Å².